The molecule has 0 saturated carbocycles. The summed E-state index contributed by atoms with van der Waals surface area (Å²) in [4.78, 5) is 14.7. The molecule has 0 aromatic carbocycles. The van der Waals surface area contributed by atoms with Crippen LogP contribution in [0.5, 0.6) is 11.5 Å². The fourth-order valence-corrected chi connectivity index (χ4v) is 1.12. The molecule has 0 bridgehead atoms. The van der Waals surface area contributed by atoms with E-state index in [1.165, 1.54) is 6.92 Å². The van der Waals surface area contributed by atoms with Gasteiger partial charge in [0.2, 0.25) is 0 Å². The molecule has 17 heavy (non-hydrogen) atoms. The number of aromatic hydroxyl groups is 1. The van der Waals surface area contributed by atoms with Crippen LogP contribution in [0.15, 0.2) is 6.20 Å². The molecular weight excluding hydrogens is 243 g/mol. The van der Waals surface area contributed by atoms with Gasteiger partial charge < -0.3 is 14.6 Å². The lowest BCUT2D eigenvalue weighted by Gasteiger charge is -2.14. The van der Waals surface area contributed by atoms with Crippen molar-refractivity contribution >= 4 is 5.97 Å². The lowest BCUT2D eigenvalue weighted by Crippen LogP contribution is -2.20. The van der Waals surface area contributed by atoms with Gasteiger partial charge in [0.05, 0.1) is 19.0 Å². The quantitative estimate of drug-likeness (QED) is 0.811. The largest absolute Gasteiger partial charge is 0.573 e. The standard InChI is InChI=1S/C9H8F3NO4/c1-4-7(17-9(10,11)12)6(8(15)16-2)5(14)3-13-4/h3,14H,1-2H3. The lowest BCUT2D eigenvalue weighted by atomic mass is 10.2. The van der Waals surface area contributed by atoms with Gasteiger partial charge in [-0.1, -0.05) is 0 Å². The summed E-state index contributed by atoms with van der Waals surface area (Å²) in [6.45, 7) is 1.20. The number of rotatable bonds is 2. The highest BCUT2D eigenvalue weighted by atomic mass is 19.4. The second-order valence-corrected chi connectivity index (χ2v) is 2.97. The molecular formula is C9H8F3NO4. The van der Waals surface area contributed by atoms with E-state index in [0.717, 1.165) is 13.3 Å². The summed E-state index contributed by atoms with van der Waals surface area (Å²) in [5.41, 5.74) is -0.905. The van der Waals surface area contributed by atoms with Gasteiger partial charge in [-0.25, -0.2) is 4.79 Å². The molecule has 0 spiro atoms. The predicted octanol–water partition coefficient (Wildman–Crippen LogP) is 1.78. The maximum atomic E-state index is 12.1. The number of halogens is 3. The normalized spacial score (nSPS) is 11.1. The molecule has 0 aliphatic heterocycles. The van der Waals surface area contributed by atoms with E-state index in [2.05, 4.69) is 14.5 Å². The van der Waals surface area contributed by atoms with Crippen LogP contribution < -0.4 is 4.74 Å². The van der Waals surface area contributed by atoms with Gasteiger partial charge in [0.1, 0.15) is 5.56 Å². The molecule has 0 aliphatic carbocycles. The van der Waals surface area contributed by atoms with E-state index in [4.69, 9.17) is 0 Å². The van der Waals surface area contributed by atoms with E-state index in [1.807, 2.05) is 0 Å². The number of carbonyl (C=O) groups excluding carboxylic acids is 1. The van der Waals surface area contributed by atoms with Gasteiger partial charge in [0, 0.05) is 0 Å². The Bertz CT molecular complexity index is 445. The molecule has 0 atom stereocenters. The highest BCUT2D eigenvalue weighted by Crippen LogP contribution is 2.34. The zero-order valence-corrected chi connectivity index (χ0v) is 8.83. The van der Waals surface area contributed by atoms with Crippen molar-refractivity contribution in [1.29, 1.82) is 0 Å². The number of aryl methyl sites for hydroxylation is 1. The van der Waals surface area contributed by atoms with E-state index < -0.39 is 29.4 Å². The van der Waals surface area contributed by atoms with Gasteiger partial charge >= 0.3 is 12.3 Å². The van der Waals surface area contributed by atoms with Crippen molar-refractivity contribution in [3.63, 3.8) is 0 Å². The SMILES string of the molecule is COC(=O)c1c(O)cnc(C)c1OC(F)(F)F. The van der Waals surface area contributed by atoms with Crippen molar-refractivity contribution in [2.45, 2.75) is 13.3 Å². The summed E-state index contributed by atoms with van der Waals surface area (Å²) in [5.74, 6) is -2.77. The van der Waals surface area contributed by atoms with Crippen molar-refractivity contribution in [3.05, 3.63) is 17.5 Å². The van der Waals surface area contributed by atoms with E-state index in [9.17, 15) is 23.1 Å². The maximum Gasteiger partial charge on any atom is 0.573 e. The Labute approximate surface area is 93.8 Å². The van der Waals surface area contributed by atoms with Gasteiger partial charge in [-0.15, -0.1) is 13.2 Å². The first-order chi connectivity index (χ1) is 7.76. The molecule has 94 valence electrons. The van der Waals surface area contributed by atoms with E-state index in [0.29, 0.717) is 0 Å². The molecule has 0 amide bonds. The van der Waals surface area contributed by atoms with Gasteiger partial charge in [-0.2, -0.15) is 0 Å². The van der Waals surface area contributed by atoms with Gasteiger partial charge in [0.25, 0.3) is 0 Å². The van der Waals surface area contributed by atoms with Crippen LogP contribution in [0.2, 0.25) is 0 Å². The van der Waals surface area contributed by atoms with Crippen molar-refractivity contribution in [2.75, 3.05) is 7.11 Å². The van der Waals surface area contributed by atoms with Gasteiger partial charge in [0.15, 0.2) is 11.5 Å². The number of alkyl halides is 3. The Morgan fingerprint density at radius 3 is 2.53 bits per heavy atom. The average Bonchev–Trinajstić information content (AvgIpc) is 2.21. The summed E-state index contributed by atoms with van der Waals surface area (Å²) in [6, 6.07) is 0. The summed E-state index contributed by atoms with van der Waals surface area (Å²) in [7, 11) is 0.967. The minimum Gasteiger partial charge on any atom is -0.505 e. The third-order valence-electron chi connectivity index (χ3n) is 1.80. The van der Waals surface area contributed by atoms with Crippen LogP contribution in [0, 0.1) is 6.92 Å². The number of methoxy groups -OCH3 is 1. The Hall–Kier alpha value is -1.99. The number of hydrogen-bond acceptors (Lipinski definition) is 5. The Morgan fingerprint density at radius 1 is 1.47 bits per heavy atom. The molecule has 0 saturated heterocycles. The molecule has 0 aliphatic rings. The molecule has 1 aromatic rings. The average molecular weight is 251 g/mol. The lowest BCUT2D eigenvalue weighted by molar-refractivity contribution is -0.275. The van der Waals surface area contributed by atoms with Crippen molar-refractivity contribution in [1.82, 2.24) is 4.98 Å². The minimum atomic E-state index is -5.00. The third-order valence-corrected chi connectivity index (χ3v) is 1.80. The topological polar surface area (TPSA) is 68.7 Å². The van der Waals surface area contributed by atoms with Crippen LogP contribution in [0.4, 0.5) is 13.2 Å². The van der Waals surface area contributed by atoms with E-state index >= 15 is 0 Å². The van der Waals surface area contributed by atoms with Gasteiger partial charge in [-0.05, 0) is 6.92 Å². The zero-order chi connectivity index (χ0) is 13.2. The number of aromatic nitrogens is 1. The number of nitrogens with zero attached hydrogens (tertiary/aromatic N) is 1. The Morgan fingerprint density at radius 2 is 2.06 bits per heavy atom. The zero-order valence-electron chi connectivity index (χ0n) is 8.83. The van der Waals surface area contributed by atoms with Gasteiger partial charge in [-0.3, -0.25) is 4.98 Å². The first-order valence-electron chi connectivity index (χ1n) is 4.29. The van der Waals surface area contributed by atoms with Crippen molar-refractivity contribution < 1.29 is 32.5 Å². The predicted molar refractivity (Wildman–Crippen MR) is 48.7 cm³/mol. The molecule has 8 heteroatoms. The number of pyridine rings is 1. The number of carbonyl (C=O) groups is 1. The summed E-state index contributed by atoms with van der Waals surface area (Å²) < 4.78 is 44.2. The summed E-state index contributed by atoms with van der Waals surface area (Å²) >= 11 is 0. The Kier molecular flexibility index (Phi) is 3.45. The van der Waals surface area contributed by atoms with Crippen LogP contribution >= 0.6 is 0 Å². The molecule has 1 heterocycles. The number of esters is 1. The van der Waals surface area contributed by atoms with E-state index in [1.54, 1.807) is 0 Å². The molecule has 1 rings (SSSR count). The minimum absolute atomic E-state index is 0.194. The van der Waals surface area contributed by atoms with E-state index in [-0.39, 0.29) is 5.69 Å². The second kappa shape index (κ2) is 4.48. The smallest absolute Gasteiger partial charge is 0.505 e. The molecule has 0 fully saturated rings. The second-order valence-electron chi connectivity index (χ2n) is 2.97. The molecule has 1 N–H and O–H groups in total. The monoisotopic (exact) mass is 251 g/mol. The first-order valence-corrected chi connectivity index (χ1v) is 4.29. The first kappa shape index (κ1) is 13.1. The Balaban J connectivity index is 3.35. The van der Waals surface area contributed by atoms with Crippen molar-refractivity contribution in [3.8, 4) is 11.5 Å². The molecule has 0 radical (unpaired) electrons. The highest BCUT2D eigenvalue weighted by molar-refractivity contribution is 5.95. The third kappa shape index (κ3) is 2.99. The molecule has 0 unspecified atom stereocenters. The number of hydrogen-bond donors (Lipinski definition) is 1. The maximum absolute atomic E-state index is 12.1. The number of ether oxygens (including phenoxy) is 2. The van der Waals surface area contributed by atoms with Crippen LogP contribution in [0.1, 0.15) is 16.1 Å². The van der Waals surface area contributed by atoms with Crippen molar-refractivity contribution in [2.24, 2.45) is 0 Å². The van der Waals surface area contributed by atoms with Crippen LogP contribution in [0.25, 0.3) is 0 Å². The fraction of sp³-hybridized carbons (Fsp3) is 0.333. The van der Waals surface area contributed by atoms with Crippen LogP contribution in [-0.4, -0.2) is 29.5 Å². The highest BCUT2D eigenvalue weighted by Gasteiger charge is 2.35. The summed E-state index contributed by atoms with van der Waals surface area (Å²) in [6.07, 6.45) is -4.16. The summed E-state index contributed by atoms with van der Waals surface area (Å²) in [5, 5.41) is 9.30. The fourth-order valence-electron chi connectivity index (χ4n) is 1.12. The molecule has 1 aromatic heterocycles. The van der Waals surface area contributed by atoms with Crippen LogP contribution in [-0.2, 0) is 4.74 Å². The van der Waals surface area contributed by atoms with Crippen LogP contribution in [0.3, 0.4) is 0 Å². The molecule has 5 nitrogen and oxygen atoms in total.